The Kier molecular flexibility index (Phi) is 3.93. The molecule has 0 aliphatic carbocycles. The minimum Gasteiger partial charge on any atom is -0.241 e. The number of rotatable bonds is 0. The van der Waals surface area contributed by atoms with Crippen LogP contribution in [0.4, 0.5) is 0 Å². The number of fused-ring (bicyclic) bond motifs is 1. The molecule has 1 heterocycles. The number of hydrazone groups is 1. The van der Waals surface area contributed by atoms with E-state index >= 15 is 0 Å². The lowest BCUT2D eigenvalue weighted by Crippen LogP contribution is -1.76. The maximum Gasteiger partial charge on any atom is 0.0932 e. The molecule has 1 N–H and O–H groups in total. The minimum absolute atomic E-state index is 1.31. The second-order valence-electron chi connectivity index (χ2n) is 2.85. The van der Waals surface area contributed by atoms with Gasteiger partial charge in [0.1, 0.15) is 0 Å². The van der Waals surface area contributed by atoms with Gasteiger partial charge in [-0.3, -0.25) is 0 Å². The molecule has 0 saturated heterocycles. The third-order valence-corrected chi connectivity index (χ3v) is 3.13. The van der Waals surface area contributed by atoms with Crippen molar-refractivity contribution in [1.82, 2.24) is 4.83 Å². The average Bonchev–Trinajstić information content (AvgIpc) is 2.88. The lowest BCUT2D eigenvalue weighted by atomic mass is 10.1. The van der Waals surface area contributed by atoms with E-state index in [1.807, 2.05) is 0 Å². The zero-order chi connectivity index (χ0) is 10.3. The van der Waals surface area contributed by atoms with E-state index in [2.05, 4.69) is 58.5 Å². The van der Waals surface area contributed by atoms with Gasteiger partial charge < -0.3 is 0 Å². The summed E-state index contributed by atoms with van der Waals surface area (Å²) in [6, 6.07) is 16.7. The maximum absolute atomic E-state index is 3.63. The highest BCUT2D eigenvalue weighted by Crippen LogP contribution is 2.17. The quantitative estimate of drug-likeness (QED) is 0.556. The topological polar surface area (TPSA) is 24.4 Å². The van der Waals surface area contributed by atoms with Crippen LogP contribution >= 0.6 is 21.8 Å². The largest absolute Gasteiger partial charge is 0.241 e. The van der Waals surface area contributed by atoms with Gasteiger partial charge in [0.05, 0.1) is 5.55 Å². The molecule has 0 aromatic heterocycles. The van der Waals surface area contributed by atoms with Crippen molar-refractivity contribution in [3.05, 3.63) is 48.5 Å². The fourth-order valence-corrected chi connectivity index (χ4v) is 2.10. The third-order valence-electron chi connectivity index (χ3n) is 1.89. The lowest BCUT2D eigenvalue weighted by Gasteiger charge is -1.92. The van der Waals surface area contributed by atoms with Gasteiger partial charge in [-0.25, -0.2) is 4.83 Å². The van der Waals surface area contributed by atoms with Gasteiger partial charge in [0.25, 0.3) is 0 Å². The van der Waals surface area contributed by atoms with Gasteiger partial charge in [0.2, 0.25) is 0 Å². The molecule has 76 valence electrons. The summed E-state index contributed by atoms with van der Waals surface area (Å²) >= 11 is 0. The first-order valence-corrected chi connectivity index (χ1v) is 6.71. The minimum atomic E-state index is 1.31. The van der Waals surface area contributed by atoms with Crippen LogP contribution in [0.25, 0.3) is 10.8 Å². The number of benzene rings is 2. The molecule has 0 radical (unpaired) electrons. The zero-order valence-corrected chi connectivity index (χ0v) is 9.59. The predicted octanol–water partition coefficient (Wildman–Crippen LogP) is 3.67. The molecule has 2 nitrogen and oxygen atoms in total. The van der Waals surface area contributed by atoms with Crippen LogP contribution in [-0.2, 0) is 0 Å². The van der Waals surface area contributed by atoms with Gasteiger partial charge >= 0.3 is 0 Å². The standard InChI is InChI=1S/C10H8.CH2N2S2/c1-2-6-10-8-4-3-7-9(10)5-1;1-2-3-5-4-1/h1-8H;1,3H. The summed E-state index contributed by atoms with van der Waals surface area (Å²) in [5.74, 6) is 0. The van der Waals surface area contributed by atoms with Crippen LogP contribution in [0.5, 0.6) is 0 Å². The van der Waals surface area contributed by atoms with Crippen LogP contribution in [0.1, 0.15) is 0 Å². The molecule has 0 unspecified atom stereocenters. The Labute approximate surface area is 96.7 Å². The van der Waals surface area contributed by atoms with Gasteiger partial charge in [-0.2, -0.15) is 5.10 Å². The van der Waals surface area contributed by atoms with Crippen molar-refractivity contribution in [2.75, 3.05) is 0 Å². The first kappa shape index (κ1) is 10.4. The molecule has 0 spiro atoms. The van der Waals surface area contributed by atoms with Crippen LogP contribution in [-0.4, -0.2) is 5.55 Å². The van der Waals surface area contributed by atoms with Crippen LogP contribution in [0.15, 0.2) is 53.6 Å². The van der Waals surface area contributed by atoms with Gasteiger partial charge in [0, 0.05) is 11.0 Å². The molecular formula is C11H10N2S2. The summed E-state index contributed by atoms with van der Waals surface area (Å²) in [6.45, 7) is 0. The van der Waals surface area contributed by atoms with Crippen molar-refractivity contribution >= 4 is 38.1 Å². The van der Waals surface area contributed by atoms with Gasteiger partial charge in [-0.05, 0) is 21.6 Å². The monoisotopic (exact) mass is 234 g/mol. The van der Waals surface area contributed by atoms with Crippen molar-refractivity contribution in [3.63, 3.8) is 0 Å². The number of hydrogen-bond donors (Lipinski definition) is 1. The Morgan fingerprint density at radius 1 is 0.867 bits per heavy atom. The number of nitrogens with zero attached hydrogens (tertiary/aromatic N) is 1. The lowest BCUT2D eigenvalue weighted by molar-refractivity contribution is 1.15. The SMILES string of the molecule is C1=NNSS1.c1ccc2ccccc2c1. The van der Waals surface area contributed by atoms with E-state index in [0.29, 0.717) is 0 Å². The molecule has 15 heavy (non-hydrogen) atoms. The van der Waals surface area contributed by atoms with E-state index in [-0.39, 0.29) is 0 Å². The van der Waals surface area contributed by atoms with Crippen LogP contribution in [0.2, 0.25) is 0 Å². The Hall–Kier alpha value is -1.13. The molecule has 1 aliphatic rings. The molecule has 2 aromatic carbocycles. The van der Waals surface area contributed by atoms with E-state index in [1.165, 1.54) is 21.8 Å². The Bertz CT molecular complexity index is 386. The van der Waals surface area contributed by atoms with E-state index < -0.39 is 0 Å². The van der Waals surface area contributed by atoms with Crippen LogP contribution in [0, 0.1) is 0 Å². The van der Waals surface area contributed by atoms with Crippen molar-refractivity contribution < 1.29 is 0 Å². The Balaban J connectivity index is 0.000000144. The van der Waals surface area contributed by atoms with E-state index in [0.717, 1.165) is 0 Å². The Morgan fingerprint density at radius 3 is 1.67 bits per heavy atom. The highest BCUT2D eigenvalue weighted by atomic mass is 33.1. The molecule has 0 fully saturated rings. The predicted molar refractivity (Wildman–Crippen MR) is 70.8 cm³/mol. The molecule has 1 aliphatic heterocycles. The maximum atomic E-state index is 3.63. The smallest absolute Gasteiger partial charge is 0.0932 e. The van der Waals surface area contributed by atoms with Gasteiger partial charge in [-0.15, -0.1) is 0 Å². The van der Waals surface area contributed by atoms with E-state index in [9.17, 15) is 0 Å². The summed E-state index contributed by atoms with van der Waals surface area (Å²) < 4.78 is 0. The fraction of sp³-hybridized carbons (Fsp3) is 0. The van der Waals surface area contributed by atoms with Gasteiger partial charge in [-0.1, -0.05) is 48.5 Å². The number of hydrogen-bond acceptors (Lipinski definition) is 4. The van der Waals surface area contributed by atoms with E-state index in [1.54, 1.807) is 16.3 Å². The highest BCUT2D eigenvalue weighted by molar-refractivity contribution is 8.81. The third kappa shape index (κ3) is 3.18. The molecule has 2 aromatic rings. The van der Waals surface area contributed by atoms with Crippen LogP contribution in [0.3, 0.4) is 0 Å². The number of nitrogens with one attached hydrogen (secondary N) is 1. The van der Waals surface area contributed by atoms with Crippen molar-refractivity contribution in [3.8, 4) is 0 Å². The molecule has 0 atom stereocenters. The van der Waals surface area contributed by atoms with Crippen molar-refractivity contribution in [1.29, 1.82) is 0 Å². The summed E-state index contributed by atoms with van der Waals surface area (Å²) in [7, 11) is 3.11. The molecule has 0 amide bonds. The first-order chi connectivity index (χ1) is 7.47. The second kappa shape index (κ2) is 5.68. The summed E-state index contributed by atoms with van der Waals surface area (Å²) in [4.78, 5) is 2.67. The summed E-state index contributed by atoms with van der Waals surface area (Å²) in [5, 5.41) is 6.25. The molecule has 3 rings (SSSR count). The summed E-state index contributed by atoms with van der Waals surface area (Å²) in [5.41, 5.74) is 1.75. The molecular weight excluding hydrogens is 224 g/mol. The zero-order valence-electron chi connectivity index (χ0n) is 7.96. The molecule has 4 heteroatoms. The van der Waals surface area contributed by atoms with E-state index in [4.69, 9.17) is 0 Å². The molecule has 0 saturated carbocycles. The Morgan fingerprint density at radius 2 is 1.40 bits per heavy atom. The summed E-state index contributed by atoms with van der Waals surface area (Å²) in [6.07, 6.45) is 0. The first-order valence-electron chi connectivity index (χ1n) is 4.49. The van der Waals surface area contributed by atoms with Crippen molar-refractivity contribution in [2.24, 2.45) is 5.10 Å². The fourth-order valence-electron chi connectivity index (χ4n) is 1.24. The average molecular weight is 234 g/mol. The van der Waals surface area contributed by atoms with Gasteiger partial charge in [0.15, 0.2) is 0 Å². The van der Waals surface area contributed by atoms with Crippen LogP contribution < -0.4 is 4.83 Å². The van der Waals surface area contributed by atoms with Crippen molar-refractivity contribution in [2.45, 2.75) is 0 Å². The second-order valence-corrected chi connectivity index (χ2v) is 4.68. The molecule has 0 bridgehead atoms. The highest BCUT2D eigenvalue weighted by Gasteiger charge is 1.85. The normalized spacial score (nSPS) is 13.1.